The van der Waals surface area contributed by atoms with Crippen LogP contribution < -0.4 is 4.23 Å². The van der Waals surface area contributed by atoms with Crippen LogP contribution >= 0.6 is 0 Å². The van der Waals surface area contributed by atoms with Gasteiger partial charge in [0.15, 0.2) is 0 Å². The lowest BCUT2D eigenvalue weighted by Gasteiger charge is -2.54. The molecule has 0 N–H and O–H groups in total. The Morgan fingerprint density at radius 1 is 0.619 bits per heavy atom. The number of rotatable bonds is 9. The van der Waals surface area contributed by atoms with Crippen molar-refractivity contribution in [1.29, 1.82) is 0 Å². The zero-order valence-electron chi connectivity index (χ0n) is 15.1. The van der Waals surface area contributed by atoms with Crippen LogP contribution in [0.2, 0.25) is 36.3 Å². The summed E-state index contributed by atoms with van der Waals surface area (Å²) in [7, 11) is -2.78. The second-order valence-electron chi connectivity index (χ2n) is 6.24. The van der Waals surface area contributed by atoms with Crippen molar-refractivity contribution in [3.05, 3.63) is 30.3 Å². The summed E-state index contributed by atoms with van der Waals surface area (Å²) in [5, 5.41) is 0. The van der Waals surface area contributed by atoms with Crippen molar-refractivity contribution in [1.82, 2.24) is 0 Å². The van der Waals surface area contributed by atoms with E-state index in [2.05, 4.69) is 76.1 Å². The second-order valence-corrected chi connectivity index (χ2v) is 16.7. The van der Waals surface area contributed by atoms with Gasteiger partial charge in [-0.3, -0.25) is 0 Å². The van der Waals surface area contributed by atoms with Gasteiger partial charge in [-0.25, -0.2) is 0 Å². The highest BCUT2D eigenvalue weighted by molar-refractivity contribution is 7.02. The Bertz CT molecular complexity index is 360. The SMILES string of the molecule is CC[Si](CC)(CC)N(c1ccccc1)[Si](CC)(CC)CC. The topological polar surface area (TPSA) is 3.24 Å². The Hall–Kier alpha value is -0.546. The third kappa shape index (κ3) is 3.45. The maximum atomic E-state index is 3.07. The van der Waals surface area contributed by atoms with Crippen molar-refractivity contribution in [3.8, 4) is 0 Å². The highest BCUT2D eigenvalue weighted by Crippen LogP contribution is 2.39. The Morgan fingerprint density at radius 2 is 0.952 bits per heavy atom. The van der Waals surface area contributed by atoms with Gasteiger partial charge in [-0.05, 0) is 48.4 Å². The summed E-state index contributed by atoms with van der Waals surface area (Å²) in [6.07, 6.45) is 0. The minimum atomic E-state index is -1.39. The van der Waals surface area contributed by atoms with Crippen LogP contribution in [0.25, 0.3) is 0 Å². The summed E-state index contributed by atoms with van der Waals surface area (Å²) in [4.78, 5) is 0. The number of para-hydroxylation sites is 1. The lowest BCUT2D eigenvalue weighted by Crippen LogP contribution is -2.66. The zero-order valence-corrected chi connectivity index (χ0v) is 17.1. The summed E-state index contributed by atoms with van der Waals surface area (Å²) in [5.74, 6) is 0. The first kappa shape index (κ1) is 18.5. The second kappa shape index (κ2) is 8.18. The molecule has 1 aromatic carbocycles. The maximum absolute atomic E-state index is 3.07. The van der Waals surface area contributed by atoms with Gasteiger partial charge >= 0.3 is 0 Å². The molecule has 0 aromatic heterocycles. The van der Waals surface area contributed by atoms with Crippen molar-refractivity contribution in [3.63, 3.8) is 0 Å². The van der Waals surface area contributed by atoms with Crippen molar-refractivity contribution < 1.29 is 0 Å². The van der Waals surface area contributed by atoms with Gasteiger partial charge in [0, 0.05) is 5.69 Å². The van der Waals surface area contributed by atoms with E-state index in [9.17, 15) is 0 Å². The van der Waals surface area contributed by atoms with E-state index in [4.69, 9.17) is 0 Å². The van der Waals surface area contributed by atoms with Crippen LogP contribution in [0, 0.1) is 0 Å². The van der Waals surface area contributed by atoms with Crippen molar-refractivity contribution in [2.24, 2.45) is 0 Å². The molecule has 21 heavy (non-hydrogen) atoms. The molecule has 3 heteroatoms. The van der Waals surface area contributed by atoms with E-state index in [0.717, 1.165) is 0 Å². The molecular formula is C18H35NSi2. The van der Waals surface area contributed by atoms with E-state index in [-0.39, 0.29) is 0 Å². The van der Waals surface area contributed by atoms with Crippen LogP contribution in [-0.4, -0.2) is 16.5 Å². The third-order valence-electron chi connectivity index (χ3n) is 5.91. The summed E-state index contributed by atoms with van der Waals surface area (Å²) < 4.78 is 3.07. The largest absolute Gasteiger partial charge is 0.424 e. The molecule has 1 rings (SSSR count). The predicted octanol–water partition coefficient (Wildman–Crippen LogP) is 6.50. The zero-order chi connectivity index (χ0) is 15.9. The first-order chi connectivity index (χ1) is 10.1. The van der Waals surface area contributed by atoms with Crippen molar-refractivity contribution in [2.45, 2.75) is 77.8 Å². The maximum Gasteiger partial charge on any atom is 0.147 e. The lowest BCUT2D eigenvalue weighted by molar-refractivity contribution is 1.06. The van der Waals surface area contributed by atoms with Gasteiger partial charge in [0.2, 0.25) is 0 Å². The molecule has 0 saturated carbocycles. The lowest BCUT2D eigenvalue weighted by atomic mass is 10.3. The quantitative estimate of drug-likeness (QED) is 0.469. The van der Waals surface area contributed by atoms with Crippen molar-refractivity contribution in [2.75, 3.05) is 4.23 Å². The fourth-order valence-electron chi connectivity index (χ4n) is 4.08. The highest BCUT2D eigenvalue weighted by Gasteiger charge is 2.46. The Morgan fingerprint density at radius 3 is 1.24 bits per heavy atom. The van der Waals surface area contributed by atoms with Gasteiger partial charge in [-0.15, -0.1) is 0 Å². The van der Waals surface area contributed by atoms with E-state index in [1.807, 2.05) is 0 Å². The molecule has 0 heterocycles. The molecule has 0 spiro atoms. The molecule has 1 aromatic rings. The van der Waals surface area contributed by atoms with E-state index in [1.54, 1.807) is 0 Å². The summed E-state index contributed by atoms with van der Waals surface area (Å²) in [5.41, 5.74) is 1.52. The molecule has 0 aliphatic heterocycles. The first-order valence-corrected chi connectivity index (χ1v) is 14.1. The fourth-order valence-corrected chi connectivity index (χ4v) is 17.2. The van der Waals surface area contributed by atoms with Crippen LogP contribution in [0.1, 0.15) is 41.5 Å². The Balaban J connectivity index is 3.49. The molecule has 0 aliphatic rings. The molecule has 0 aliphatic carbocycles. The van der Waals surface area contributed by atoms with Gasteiger partial charge in [-0.1, -0.05) is 59.7 Å². The molecule has 1 nitrogen and oxygen atoms in total. The van der Waals surface area contributed by atoms with Crippen LogP contribution in [0.5, 0.6) is 0 Å². The van der Waals surface area contributed by atoms with Crippen LogP contribution in [0.3, 0.4) is 0 Å². The summed E-state index contributed by atoms with van der Waals surface area (Å²) >= 11 is 0. The molecule has 0 bridgehead atoms. The number of hydrogen-bond donors (Lipinski definition) is 0. The molecule has 0 amide bonds. The van der Waals surface area contributed by atoms with Gasteiger partial charge in [-0.2, -0.15) is 0 Å². The number of hydrogen-bond acceptors (Lipinski definition) is 1. The van der Waals surface area contributed by atoms with Crippen LogP contribution in [0.4, 0.5) is 5.69 Å². The summed E-state index contributed by atoms with van der Waals surface area (Å²) in [6, 6.07) is 19.6. The smallest absolute Gasteiger partial charge is 0.147 e. The van der Waals surface area contributed by atoms with Crippen LogP contribution in [-0.2, 0) is 0 Å². The molecule has 0 atom stereocenters. The third-order valence-corrected chi connectivity index (χ3v) is 19.1. The van der Waals surface area contributed by atoms with Gasteiger partial charge in [0.1, 0.15) is 16.5 Å². The first-order valence-electron chi connectivity index (χ1n) is 8.95. The highest BCUT2D eigenvalue weighted by atomic mass is 28.4. The van der Waals surface area contributed by atoms with E-state index < -0.39 is 16.5 Å². The molecule has 0 radical (unpaired) electrons. The number of benzene rings is 1. The van der Waals surface area contributed by atoms with Gasteiger partial charge in [0.25, 0.3) is 0 Å². The van der Waals surface area contributed by atoms with Crippen molar-refractivity contribution >= 4 is 22.2 Å². The van der Waals surface area contributed by atoms with Gasteiger partial charge < -0.3 is 4.23 Å². The van der Waals surface area contributed by atoms with E-state index >= 15 is 0 Å². The average Bonchev–Trinajstić information content (AvgIpc) is 2.57. The minimum absolute atomic E-state index is 1.38. The molecular weight excluding hydrogens is 286 g/mol. The molecule has 0 fully saturated rings. The fraction of sp³-hybridized carbons (Fsp3) is 0.667. The molecule has 120 valence electrons. The van der Waals surface area contributed by atoms with Crippen LogP contribution in [0.15, 0.2) is 30.3 Å². The standard InChI is InChI=1S/C18H35NSi2/c1-7-20(8-2,9-3)19(18-16-14-13-15-17-18)21(10-4,11-5)12-6/h13-17H,7-12H2,1-6H3. The number of anilines is 1. The molecule has 0 saturated heterocycles. The van der Waals surface area contributed by atoms with E-state index in [1.165, 1.54) is 42.0 Å². The normalized spacial score (nSPS) is 12.5. The Labute approximate surface area is 134 Å². The predicted molar refractivity (Wildman–Crippen MR) is 103 cm³/mol. The number of nitrogens with zero attached hydrogens (tertiary/aromatic N) is 1. The monoisotopic (exact) mass is 321 g/mol. The summed E-state index contributed by atoms with van der Waals surface area (Å²) in [6.45, 7) is 14.6. The van der Waals surface area contributed by atoms with Gasteiger partial charge in [0.05, 0.1) is 0 Å². The minimum Gasteiger partial charge on any atom is -0.424 e. The average molecular weight is 322 g/mol. The molecule has 0 unspecified atom stereocenters. The Kier molecular flexibility index (Phi) is 7.21. The van der Waals surface area contributed by atoms with E-state index in [0.29, 0.717) is 0 Å².